The van der Waals surface area contributed by atoms with Gasteiger partial charge in [-0.05, 0) is 34.6 Å². The molecule has 0 saturated carbocycles. The number of nitrogens with one attached hydrogen (secondary N) is 1. The molecule has 88 valence electrons. The zero-order chi connectivity index (χ0) is 11.7. The molecule has 15 heavy (non-hydrogen) atoms. The molecule has 1 fully saturated rings. The van der Waals surface area contributed by atoms with Crippen molar-refractivity contribution in [2.24, 2.45) is 0 Å². The fraction of sp³-hybridized carbons (Fsp3) is 0.909. The smallest absolute Gasteiger partial charge is 0.410 e. The third-order valence-corrected chi connectivity index (χ3v) is 2.77. The van der Waals surface area contributed by atoms with Crippen molar-refractivity contribution in [3.8, 4) is 0 Å². The van der Waals surface area contributed by atoms with E-state index < -0.39 is 0 Å². The summed E-state index contributed by atoms with van der Waals surface area (Å²) in [5.41, 5.74) is -0.218. The van der Waals surface area contributed by atoms with Gasteiger partial charge in [0.25, 0.3) is 0 Å². The van der Waals surface area contributed by atoms with Crippen molar-refractivity contribution < 1.29 is 9.53 Å². The van der Waals surface area contributed by atoms with Gasteiger partial charge in [-0.1, -0.05) is 0 Å². The largest absolute Gasteiger partial charge is 0.450 e. The highest BCUT2D eigenvalue weighted by Gasteiger charge is 2.40. The van der Waals surface area contributed by atoms with E-state index in [1.54, 1.807) is 0 Å². The van der Waals surface area contributed by atoms with Crippen LogP contribution in [0, 0.1) is 0 Å². The molecule has 0 bridgehead atoms. The molecule has 1 heterocycles. The van der Waals surface area contributed by atoms with E-state index in [9.17, 15) is 4.79 Å². The molecular weight excluding hydrogens is 192 g/mol. The van der Waals surface area contributed by atoms with Crippen molar-refractivity contribution in [2.45, 2.75) is 45.7 Å². The minimum Gasteiger partial charge on any atom is -0.450 e. The number of carbonyl (C=O) groups excluding carboxylic acids is 1. The Morgan fingerprint density at radius 1 is 1.40 bits per heavy atom. The van der Waals surface area contributed by atoms with Crippen molar-refractivity contribution in [3.05, 3.63) is 0 Å². The summed E-state index contributed by atoms with van der Waals surface area (Å²) < 4.78 is 5.07. The standard InChI is InChI=1S/C11H22N2O2/c1-6-15-9(14)13-8-10(2,3)12-7-11(13,4)5/h12H,6-8H2,1-5H3. The SMILES string of the molecule is CCOC(=O)N1CC(C)(C)NCC1(C)C. The number of hydrogen-bond donors (Lipinski definition) is 1. The van der Waals surface area contributed by atoms with Crippen LogP contribution in [0.5, 0.6) is 0 Å². The molecule has 0 aromatic heterocycles. The monoisotopic (exact) mass is 214 g/mol. The summed E-state index contributed by atoms with van der Waals surface area (Å²) in [5, 5.41) is 3.43. The van der Waals surface area contributed by atoms with Gasteiger partial charge in [0.15, 0.2) is 0 Å². The lowest BCUT2D eigenvalue weighted by Crippen LogP contribution is -2.67. The van der Waals surface area contributed by atoms with E-state index >= 15 is 0 Å². The summed E-state index contributed by atoms with van der Waals surface area (Å²) in [6.07, 6.45) is -0.211. The Hall–Kier alpha value is -0.770. The molecule has 0 aliphatic carbocycles. The van der Waals surface area contributed by atoms with Crippen LogP contribution in [0.15, 0.2) is 0 Å². The Balaban J connectivity index is 2.77. The van der Waals surface area contributed by atoms with Crippen LogP contribution in [-0.4, -0.2) is 41.8 Å². The topological polar surface area (TPSA) is 41.6 Å². The molecule has 1 amide bonds. The Kier molecular flexibility index (Phi) is 3.28. The molecular formula is C11H22N2O2. The van der Waals surface area contributed by atoms with E-state index in [2.05, 4.69) is 19.2 Å². The van der Waals surface area contributed by atoms with Gasteiger partial charge < -0.3 is 10.1 Å². The average molecular weight is 214 g/mol. The van der Waals surface area contributed by atoms with Gasteiger partial charge in [0.05, 0.1) is 12.1 Å². The number of hydrogen-bond acceptors (Lipinski definition) is 3. The Bertz CT molecular complexity index is 249. The van der Waals surface area contributed by atoms with Crippen molar-refractivity contribution >= 4 is 6.09 Å². The predicted octanol–water partition coefficient (Wildman–Crippen LogP) is 1.61. The van der Waals surface area contributed by atoms with Crippen LogP contribution in [0.1, 0.15) is 34.6 Å². The van der Waals surface area contributed by atoms with Crippen LogP contribution in [-0.2, 0) is 4.74 Å². The lowest BCUT2D eigenvalue weighted by atomic mass is 9.92. The van der Waals surface area contributed by atoms with Gasteiger partial charge in [-0.2, -0.15) is 0 Å². The van der Waals surface area contributed by atoms with Crippen LogP contribution in [0.4, 0.5) is 4.79 Å². The zero-order valence-corrected chi connectivity index (χ0v) is 10.4. The summed E-state index contributed by atoms with van der Waals surface area (Å²) in [6, 6.07) is 0. The fourth-order valence-corrected chi connectivity index (χ4v) is 1.73. The molecule has 0 spiro atoms. The average Bonchev–Trinajstić information content (AvgIpc) is 2.10. The first kappa shape index (κ1) is 12.3. The first-order valence-electron chi connectivity index (χ1n) is 5.48. The van der Waals surface area contributed by atoms with E-state index in [0.717, 1.165) is 6.54 Å². The molecule has 0 radical (unpaired) electrons. The third kappa shape index (κ3) is 2.84. The van der Waals surface area contributed by atoms with Crippen LogP contribution >= 0.6 is 0 Å². The molecule has 0 aromatic rings. The Morgan fingerprint density at radius 3 is 2.53 bits per heavy atom. The van der Waals surface area contributed by atoms with E-state index in [4.69, 9.17) is 4.74 Å². The highest BCUT2D eigenvalue weighted by Crippen LogP contribution is 2.23. The van der Waals surface area contributed by atoms with Crippen LogP contribution in [0.3, 0.4) is 0 Å². The van der Waals surface area contributed by atoms with Gasteiger partial charge >= 0.3 is 6.09 Å². The zero-order valence-electron chi connectivity index (χ0n) is 10.4. The quantitative estimate of drug-likeness (QED) is 0.721. The number of amides is 1. The van der Waals surface area contributed by atoms with E-state index in [-0.39, 0.29) is 17.2 Å². The normalized spacial score (nSPS) is 23.7. The molecule has 1 N–H and O–H groups in total. The fourth-order valence-electron chi connectivity index (χ4n) is 1.73. The van der Waals surface area contributed by atoms with Crippen molar-refractivity contribution in [1.29, 1.82) is 0 Å². The lowest BCUT2D eigenvalue weighted by Gasteiger charge is -2.48. The molecule has 0 atom stereocenters. The van der Waals surface area contributed by atoms with Gasteiger partial charge in [0.1, 0.15) is 0 Å². The van der Waals surface area contributed by atoms with Gasteiger partial charge in [-0.3, -0.25) is 4.90 Å². The first-order valence-corrected chi connectivity index (χ1v) is 5.48. The number of ether oxygens (including phenoxy) is 1. The second-order valence-electron chi connectivity index (χ2n) is 5.33. The summed E-state index contributed by atoms with van der Waals surface area (Å²) >= 11 is 0. The van der Waals surface area contributed by atoms with E-state index in [1.807, 2.05) is 25.7 Å². The highest BCUT2D eigenvalue weighted by molar-refractivity contribution is 5.69. The second kappa shape index (κ2) is 4.00. The molecule has 1 aliphatic rings. The van der Waals surface area contributed by atoms with Crippen LogP contribution in [0.2, 0.25) is 0 Å². The summed E-state index contributed by atoms with van der Waals surface area (Å²) in [4.78, 5) is 13.6. The molecule has 0 unspecified atom stereocenters. The van der Waals surface area contributed by atoms with E-state index in [1.165, 1.54) is 0 Å². The maximum atomic E-state index is 11.8. The summed E-state index contributed by atoms with van der Waals surface area (Å²) in [7, 11) is 0. The minimum atomic E-state index is -0.211. The first-order chi connectivity index (χ1) is 6.78. The highest BCUT2D eigenvalue weighted by atomic mass is 16.6. The molecule has 1 rings (SSSR count). The minimum absolute atomic E-state index is 0.0394. The molecule has 0 aromatic carbocycles. The molecule has 1 saturated heterocycles. The maximum Gasteiger partial charge on any atom is 0.410 e. The molecule has 4 heteroatoms. The second-order valence-corrected chi connectivity index (χ2v) is 5.33. The summed E-state index contributed by atoms with van der Waals surface area (Å²) in [6.45, 7) is 12.0. The van der Waals surface area contributed by atoms with Crippen LogP contribution in [0.25, 0.3) is 0 Å². The van der Waals surface area contributed by atoms with Crippen molar-refractivity contribution in [3.63, 3.8) is 0 Å². The van der Waals surface area contributed by atoms with Gasteiger partial charge in [0, 0.05) is 18.6 Å². The number of rotatable bonds is 1. The lowest BCUT2D eigenvalue weighted by molar-refractivity contribution is 0.0248. The summed E-state index contributed by atoms with van der Waals surface area (Å²) in [5.74, 6) is 0. The predicted molar refractivity (Wildman–Crippen MR) is 59.9 cm³/mol. The molecule has 4 nitrogen and oxygen atoms in total. The van der Waals surface area contributed by atoms with Gasteiger partial charge in [-0.25, -0.2) is 4.79 Å². The van der Waals surface area contributed by atoms with Gasteiger partial charge in [-0.15, -0.1) is 0 Å². The van der Waals surface area contributed by atoms with Gasteiger partial charge in [0.2, 0.25) is 0 Å². The van der Waals surface area contributed by atoms with Crippen molar-refractivity contribution in [2.75, 3.05) is 19.7 Å². The number of piperazine rings is 1. The number of nitrogens with zero attached hydrogens (tertiary/aromatic N) is 1. The van der Waals surface area contributed by atoms with E-state index in [0.29, 0.717) is 13.2 Å². The number of carbonyl (C=O) groups is 1. The van der Waals surface area contributed by atoms with Crippen molar-refractivity contribution in [1.82, 2.24) is 10.2 Å². The van der Waals surface area contributed by atoms with Crippen LogP contribution < -0.4 is 5.32 Å². The molecule has 1 aliphatic heterocycles. The third-order valence-electron chi connectivity index (χ3n) is 2.77. The Morgan fingerprint density at radius 2 is 2.00 bits per heavy atom. The Labute approximate surface area is 92.0 Å². The maximum absolute atomic E-state index is 11.8.